The van der Waals surface area contributed by atoms with Gasteiger partial charge in [0.05, 0.1) is 0 Å². The van der Waals surface area contributed by atoms with E-state index in [0.717, 1.165) is 30.3 Å². The summed E-state index contributed by atoms with van der Waals surface area (Å²) in [6.07, 6.45) is -1.01. The smallest absolute Gasteiger partial charge is 0.490 e. The maximum absolute atomic E-state index is 14.4. The van der Waals surface area contributed by atoms with Crippen molar-refractivity contribution in [3.8, 4) is 17.2 Å². The van der Waals surface area contributed by atoms with E-state index in [1.54, 1.807) is 37.3 Å². The number of carbonyl (C=O) groups is 2. The van der Waals surface area contributed by atoms with Gasteiger partial charge in [-0.3, -0.25) is 9.59 Å². The van der Waals surface area contributed by atoms with Gasteiger partial charge < -0.3 is 45.3 Å². The third-order valence-corrected chi connectivity index (χ3v) is 11.5. The first-order valence-corrected chi connectivity index (χ1v) is 22.2. The van der Waals surface area contributed by atoms with Gasteiger partial charge in [0.15, 0.2) is 23.2 Å². The Hall–Kier alpha value is -7.98. The minimum absolute atomic E-state index is 0.0999. The van der Waals surface area contributed by atoms with Gasteiger partial charge in [0.1, 0.15) is 36.4 Å². The van der Waals surface area contributed by atoms with E-state index < -0.39 is 35.7 Å². The molecule has 2 saturated heterocycles. The van der Waals surface area contributed by atoms with E-state index in [1.165, 1.54) is 18.7 Å². The van der Waals surface area contributed by atoms with Crippen molar-refractivity contribution in [2.45, 2.75) is 70.9 Å². The van der Waals surface area contributed by atoms with Crippen LogP contribution in [0.3, 0.4) is 0 Å². The van der Waals surface area contributed by atoms with Crippen LogP contribution in [0.4, 0.5) is 72.9 Å². The molecule has 4 heterocycles. The summed E-state index contributed by atoms with van der Waals surface area (Å²) in [4.78, 5) is 56.4. The number of rotatable bonds is 16. The fourth-order valence-electron chi connectivity index (χ4n) is 7.75. The molecule has 6 aromatic rings. The number of piperidine rings is 2. The predicted molar refractivity (Wildman–Crippen MR) is 246 cm³/mol. The van der Waals surface area contributed by atoms with E-state index in [9.17, 15) is 35.9 Å². The highest BCUT2D eigenvalue weighted by Gasteiger charge is 2.32. The van der Waals surface area contributed by atoms with Gasteiger partial charge in [-0.25, -0.2) is 33.1 Å². The number of alkyl halides is 3. The Bertz CT molecular complexity index is 2830. The van der Waals surface area contributed by atoms with Crippen LogP contribution in [0.2, 0.25) is 0 Å². The number of aromatic nitrogens is 6. The molecule has 0 spiro atoms. The van der Waals surface area contributed by atoms with Crippen LogP contribution in [0.15, 0.2) is 85.5 Å². The van der Waals surface area contributed by atoms with Crippen LogP contribution >= 0.6 is 0 Å². The molecule has 2 fully saturated rings. The van der Waals surface area contributed by atoms with Gasteiger partial charge in [-0.1, -0.05) is 12.1 Å². The zero-order chi connectivity index (χ0) is 49.4. The Morgan fingerprint density at radius 3 is 1.57 bits per heavy atom. The third kappa shape index (κ3) is 12.8. The molecular weight excluding hydrogens is 927 g/mol. The Labute approximate surface area is 397 Å². The normalized spacial score (nSPS) is 14.5. The van der Waals surface area contributed by atoms with E-state index >= 15 is 0 Å². The molecule has 366 valence electrons. The maximum atomic E-state index is 14.4. The molecule has 4 aromatic carbocycles. The molecule has 2 aromatic heterocycles. The SMILES string of the molecule is Cc1c(NC(=O)CCC(=O)Nc2cccc(Nc3ncnc(N4CCC(Oc5cc(OC(F)(F)F)ccc5F)CC4)n3)c2C)cccc1Nc1ncnc(N2CCC(Oc3ccc(F)c(F)c3)CC2)n1. The summed E-state index contributed by atoms with van der Waals surface area (Å²) in [5.41, 5.74) is 3.67. The molecular formula is C47H46F6N12O5. The standard InChI is InChI=1S/C47H46F6N12O5/c1-27-36(5-3-7-38(27)60-43-54-25-56-45(62-43)64-19-15-29(16-20-64)68-31-9-11-33(48)35(50)23-31)58-41(66)13-14-42(67)59-37-6-4-8-39(28(37)2)61-44-55-26-57-46(63-44)65-21-17-30(18-22-65)69-40-24-32(10-12-34(40)49)70-47(51,52)53/h3-12,23-26,29-30H,13-22H2,1-2H3,(H,58,66)(H,59,67)(H,54,56,60,62)(H,55,57,61,63). The number of amides is 2. The summed E-state index contributed by atoms with van der Waals surface area (Å²) < 4.78 is 94.8. The van der Waals surface area contributed by atoms with Crippen LogP contribution in [0.25, 0.3) is 0 Å². The molecule has 4 N–H and O–H groups in total. The number of ether oxygens (including phenoxy) is 3. The lowest BCUT2D eigenvalue weighted by Crippen LogP contribution is -2.39. The molecule has 2 aliphatic heterocycles. The highest BCUT2D eigenvalue weighted by Crippen LogP contribution is 2.32. The monoisotopic (exact) mass is 972 g/mol. The second-order valence-electron chi connectivity index (χ2n) is 16.3. The molecule has 23 heteroatoms. The number of anilines is 8. The molecule has 17 nitrogen and oxygen atoms in total. The number of benzene rings is 4. The fraction of sp³-hybridized carbons (Fsp3) is 0.319. The minimum atomic E-state index is -4.93. The molecule has 0 aliphatic carbocycles. The average Bonchev–Trinajstić information content (AvgIpc) is 3.33. The van der Waals surface area contributed by atoms with E-state index in [0.29, 0.717) is 97.6 Å². The van der Waals surface area contributed by atoms with Crippen molar-refractivity contribution in [3.63, 3.8) is 0 Å². The maximum Gasteiger partial charge on any atom is 0.573 e. The molecule has 2 amide bonds. The second-order valence-corrected chi connectivity index (χ2v) is 16.3. The number of hydrogen-bond donors (Lipinski definition) is 4. The lowest BCUT2D eigenvalue weighted by Gasteiger charge is -2.32. The van der Waals surface area contributed by atoms with Crippen molar-refractivity contribution in [3.05, 3.63) is 114 Å². The number of hydrogen-bond acceptors (Lipinski definition) is 15. The van der Waals surface area contributed by atoms with E-state index in [-0.39, 0.29) is 54.2 Å². The Morgan fingerprint density at radius 2 is 1.07 bits per heavy atom. The van der Waals surface area contributed by atoms with Gasteiger partial charge >= 0.3 is 6.36 Å². The lowest BCUT2D eigenvalue weighted by molar-refractivity contribution is -0.274. The van der Waals surface area contributed by atoms with Gasteiger partial charge in [0.25, 0.3) is 0 Å². The summed E-state index contributed by atoms with van der Waals surface area (Å²) in [7, 11) is 0. The Morgan fingerprint density at radius 1 is 0.600 bits per heavy atom. The summed E-state index contributed by atoms with van der Waals surface area (Å²) in [6.45, 7) is 5.58. The molecule has 0 radical (unpaired) electrons. The van der Waals surface area contributed by atoms with E-state index in [4.69, 9.17) is 9.47 Å². The van der Waals surface area contributed by atoms with Gasteiger partial charge in [-0.15, -0.1) is 13.2 Å². The number of nitrogens with one attached hydrogen (secondary N) is 4. The summed E-state index contributed by atoms with van der Waals surface area (Å²) >= 11 is 0. The number of nitrogens with zero attached hydrogens (tertiary/aromatic N) is 8. The minimum Gasteiger partial charge on any atom is -0.490 e. The second kappa shape index (κ2) is 21.5. The Balaban J connectivity index is 0.790. The third-order valence-electron chi connectivity index (χ3n) is 11.5. The molecule has 0 saturated carbocycles. The lowest BCUT2D eigenvalue weighted by atomic mass is 10.1. The van der Waals surface area contributed by atoms with E-state index in [1.807, 2.05) is 22.8 Å². The van der Waals surface area contributed by atoms with Crippen molar-refractivity contribution >= 4 is 58.4 Å². The first-order valence-electron chi connectivity index (χ1n) is 22.2. The Kier molecular flexibility index (Phi) is 14.9. The number of carbonyl (C=O) groups excluding carboxylic acids is 2. The highest BCUT2D eigenvalue weighted by molar-refractivity contribution is 5.98. The van der Waals surface area contributed by atoms with Crippen molar-refractivity contribution in [2.75, 3.05) is 57.2 Å². The summed E-state index contributed by atoms with van der Waals surface area (Å²) in [5.74, 6) is -2.78. The highest BCUT2D eigenvalue weighted by atomic mass is 19.4. The molecule has 0 unspecified atom stereocenters. The van der Waals surface area contributed by atoms with Gasteiger partial charge in [-0.2, -0.15) is 9.97 Å². The fourth-order valence-corrected chi connectivity index (χ4v) is 7.75. The van der Waals surface area contributed by atoms with Crippen LogP contribution < -0.4 is 45.3 Å². The molecule has 0 bridgehead atoms. The first-order chi connectivity index (χ1) is 33.6. The summed E-state index contributed by atoms with van der Waals surface area (Å²) in [6, 6.07) is 16.7. The molecule has 70 heavy (non-hydrogen) atoms. The zero-order valence-corrected chi connectivity index (χ0v) is 37.7. The quantitative estimate of drug-likeness (QED) is 0.0671. The molecule has 8 rings (SSSR count). The molecule has 2 aliphatic rings. The van der Waals surface area contributed by atoms with Crippen molar-refractivity contribution in [2.24, 2.45) is 0 Å². The van der Waals surface area contributed by atoms with Gasteiger partial charge in [-0.05, 0) is 73.5 Å². The van der Waals surface area contributed by atoms with Crippen LogP contribution in [0, 0.1) is 31.3 Å². The zero-order valence-electron chi connectivity index (χ0n) is 37.7. The van der Waals surface area contributed by atoms with Crippen LogP contribution in [0.5, 0.6) is 17.2 Å². The van der Waals surface area contributed by atoms with Gasteiger partial charge in [0, 0.05) is 99.6 Å². The molecule has 0 atom stereocenters. The first kappa shape index (κ1) is 48.5. The topological polar surface area (TPSA) is 194 Å². The number of halogens is 6. The van der Waals surface area contributed by atoms with Crippen LogP contribution in [-0.4, -0.2) is 86.5 Å². The average molecular weight is 973 g/mol. The van der Waals surface area contributed by atoms with Gasteiger partial charge in [0.2, 0.25) is 35.6 Å². The van der Waals surface area contributed by atoms with Crippen molar-refractivity contribution < 1.29 is 50.1 Å². The largest absolute Gasteiger partial charge is 0.573 e. The van der Waals surface area contributed by atoms with Crippen molar-refractivity contribution in [1.82, 2.24) is 29.9 Å². The van der Waals surface area contributed by atoms with Crippen molar-refractivity contribution in [1.29, 1.82) is 0 Å². The summed E-state index contributed by atoms with van der Waals surface area (Å²) in [5, 5.41) is 12.1. The van der Waals surface area contributed by atoms with E-state index in [2.05, 4.69) is 55.9 Å². The predicted octanol–water partition coefficient (Wildman–Crippen LogP) is 8.93. The van der Waals surface area contributed by atoms with Crippen LogP contribution in [0.1, 0.15) is 49.7 Å². The van der Waals surface area contributed by atoms with Crippen LogP contribution in [-0.2, 0) is 9.59 Å².